The fraction of sp³-hybridized carbons (Fsp3) is 0.929. The molecule has 0 aromatic heterocycles. The molecule has 0 rings (SSSR count). The maximum atomic E-state index is 6.21. The zero-order valence-electron chi connectivity index (χ0n) is 14.8. The van der Waals surface area contributed by atoms with Crippen molar-refractivity contribution in [1.82, 2.24) is 0 Å². The van der Waals surface area contributed by atoms with Gasteiger partial charge in [-0.25, -0.2) is 0 Å². The van der Waals surface area contributed by atoms with Gasteiger partial charge in [-0.15, -0.1) is 0 Å². The first-order valence-corrected chi connectivity index (χ1v) is 12.9. The molecule has 0 saturated heterocycles. The van der Waals surface area contributed by atoms with E-state index in [9.17, 15) is 0 Å². The highest BCUT2D eigenvalue weighted by molar-refractivity contribution is 6.74. The van der Waals surface area contributed by atoms with E-state index in [0.29, 0.717) is 0 Å². The maximum Gasteiger partial charge on any atom is 0.351 e. The van der Waals surface area contributed by atoms with Crippen molar-refractivity contribution in [3.05, 3.63) is 0 Å². The van der Waals surface area contributed by atoms with Crippen LogP contribution in [0.5, 0.6) is 0 Å². The summed E-state index contributed by atoms with van der Waals surface area (Å²) in [6.07, 6.45) is 1.89. The van der Waals surface area contributed by atoms with Gasteiger partial charge in [0.15, 0.2) is 4.90 Å². The van der Waals surface area contributed by atoms with E-state index >= 15 is 0 Å². The van der Waals surface area contributed by atoms with Gasteiger partial charge in [-0.1, -0.05) is 41.5 Å². The molecule has 0 aromatic carbocycles. The van der Waals surface area contributed by atoms with Gasteiger partial charge in [0.05, 0.1) is 0 Å². The molecule has 0 spiro atoms. The summed E-state index contributed by atoms with van der Waals surface area (Å²) in [6, 6.07) is 0. The Bertz CT molecular complexity index is 306. The molecule has 0 amide bonds. The highest BCUT2D eigenvalue weighted by Crippen LogP contribution is 2.39. The number of nitrogens with zero attached hydrogens (tertiary/aromatic N) is 1. The predicted molar refractivity (Wildman–Crippen MR) is 88.6 cm³/mol. The SMILES string of the molecule is CC=[N+](O[Si](C)(C)C(C)(C)C)O[Si](C)(C)C(C)(C)C. The lowest BCUT2D eigenvalue weighted by Crippen LogP contribution is -2.49. The fourth-order valence-electron chi connectivity index (χ4n) is 0.848. The Morgan fingerprint density at radius 2 is 1.00 bits per heavy atom. The molecular formula is C14H34NO2Si2+. The van der Waals surface area contributed by atoms with Gasteiger partial charge in [-0.2, -0.15) is 0 Å². The molecule has 0 aliphatic carbocycles. The summed E-state index contributed by atoms with van der Waals surface area (Å²) in [7, 11) is -3.71. The van der Waals surface area contributed by atoms with E-state index in [1.807, 2.05) is 13.1 Å². The summed E-state index contributed by atoms with van der Waals surface area (Å²) in [4.78, 5) is 1.63. The van der Waals surface area contributed by atoms with Gasteiger partial charge in [0.1, 0.15) is 0 Å². The minimum atomic E-state index is -1.86. The summed E-state index contributed by atoms with van der Waals surface area (Å²) in [5.74, 6) is 0. The Morgan fingerprint density at radius 3 is 1.16 bits per heavy atom. The molecule has 0 saturated carbocycles. The molecule has 0 bridgehead atoms. The zero-order valence-corrected chi connectivity index (χ0v) is 16.8. The van der Waals surface area contributed by atoms with Crippen LogP contribution in [0.1, 0.15) is 48.5 Å². The van der Waals surface area contributed by atoms with Crippen LogP contribution in [-0.4, -0.2) is 27.8 Å². The highest BCUT2D eigenvalue weighted by atomic mass is 28.4. The van der Waals surface area contributed by atoms with Crippen molar-refractivity contribution in [3.63, 3.8) is 0 Å². The minimum absolute atomic E-state index is 0.172. The zero-order chi connectivity index (χ0) is 15.7. The predicted octanol–water partition coefficient (Wildman–Crippen LogP) is 4.96. The van der Waals surface area contributed by atoms with Crippen LogP contribution in [0.2, 0.25) is 36.3 Å². The number of hydrogen-bond donors (Lipinski definition) is 0. The van der Waals surface area contributed by atoms with Gasteiger partial charge in [-0.3, -0.25) is 0 Å². The molecule has 114 valence electrons. The van der Waals surface area contributed by atoms with E-state index in [2.05, 4.69) is 67.7 Å². The topological polar surface area (TPSA) is 21.5 Å². The molecular weight excluding hydrogens is 270 g/mol. The van der Waals surface area contributed by atoms with Gasteiger partial charge in [0.25, 0.3) is 0 Å². The van der Waals surface area contributed by atoms with E-state index in [1.54, 1.807) is 4.90 Å². The fourth-order valence-corrected chi connectivity index (χ4v) is 2.66. The van der Waals surface area contributed by atoms with Gasteiger partial charge in [0.2, 0.25) is 6.21 Å². The van der Waals surface area contributed by atoms with Crippen molar-refractivity contribution < 1.29 is 14.0 Å². The Labute approximate surface area is 122 Å². The molecule has 0 N–H and O–H groups in total. The van der Waals surface area contributed by atoms with E-state index < -0.39 is 16.6 Å². The minimum Gasteiger partial charge on any atom is -0.306 e. The van der Waals surface area contributed by atoms with E-state index in [1.165, 1.54) is 0 Å². The van der Waals surface area contributed by atoms with Crippen molar-refractivity contribution in [1.29, 1.82) is 0 Å². The summed E-state index contributed by atoms with van der Waals surface area (Å²) in [6.45, 7) is 24.3. The number of rotatable bonds is 4. The summed E-state index contributed by atoms with van der Waals surface area (Å²) in [5.41, 5.74) is 0. The summed E-state index contributed by atoms with van der Waals surface area (Å²) >= 11 is 0. The molecule has 0 aliphatic heterocycles. The van der Waals surface area contributed by atoms with Gasteiger partial charge in [-0.05, 0) is 36.3 Å². The monoisotopic (exact) mass is 304 g/mol. The van der Waals surface area contributed by atoms with Crippen LogP contribution in [0.3, 0.4) is 0 Å². The van der Waals surface area contributed by atoms with Crippen LogP contribution in [-0.2, 0) is 9.05 Å². The molecule has 0 heterocycles. The normalized spacial score (nSPS) is 14.1. The van der Waals surface area contributed by atoms with Crippen molar-refractivity contribution >= 4 is 22.8 Å². The molecule has 3 nitrogen and oxygen atoms in total. The molecule has 19 heavy (non-hydrogen) atoms. The van der Waals surface area contributed by atoms with Crippen LogP contribution < -0.4 is 0 Å². The summed E-state index contributed by atoms with van der Waals surface area (Å²) < 4.78 is 12.4. The first-order valence-electron chi connectivity index (χ1n) is 7.11. The molecule has 0 atom stereocenters. The Balaban J connectivity index is 5.02. The second-order valence-corrected chi connectivity index (χ2v) is 17.7. The van der Waals surface area contributed by atoms with E-state index in [-0.39, 0.29) is 10.1 Å². The molecule has 0 fully saturated rings. The average Bonchev–Trinajstić information content (AvgIpc) is 2.12. The van der Waals surface area contributed by atoms with E-state index in [0.717, 1.165) is 0 Å². The molecule has 0 aliphatic rings. The molecule has 5 heteroatoms. The number of hydrogen-bond acceptors (Lipinski definition) is 2. The quantitative estimate of drug-likeness (QED) is 0.416. The molecule has 0 aromatic rings. The average molecular weight is 305 g/mol. The third-order valence-electron chi connectivity index (χ3n) is 4.46. The Morgan fingerprint density at radius 1 is 0.737 bits per heavy atom. The van der Waals surface area contributed by atoms with Crippen LogP contribution in [0.4, 0.5) is 0 Å². The lowest BCUT2D eigenvalue weighted by molar-refractivity contribution is -0.920. The van der Waals surface area contributed by atoms with Crippen LogP contribution in [0.25, 0.3) is 0 Å². The molecule has 0 unspecified atom stereocenters. The first kappa shape index (κ1) is 18.7. The second kappa shape index (κ2) is 5.60. The van der Waals surface area contributed by atoms with Crippen molar-refractivity contribution in [2.75, 3.05) is 0 Å². The smallest absolute Gasteiger partial charge is 0.306 e. The van der Waals surface area contributed by atoms with Crippen molar-refractivity contribution in [2.24, 2.45) is 0 Å². The van der Waals surface area contributed by atoms with Crippen molar-refractivity contribution in [3.8, 4) is 0 Å². The largest absolute Gasteiger partial charge is 0.351 e. The third kappa shape index (κ3) is 4.95. The van der Waals surface area contributed by atoms with Crippen LogP contribution in [0.15, 0.2) is 0 Å². The lowest BCUT2D eigenvalue weighted by atomic mass is 10.2. The van der Waals surface area contributed by atoms with Gasteiger partial charge >= 0.3 is 16.6 Å². The van der Waals surface area contributed by atoms with E-state index in [4.69, 9.17) is 9.05 Å². The van der Waals surface area contributed by atoms with Gasteiger partial charge in [0, 0.05) is 6.92 Å². The first-order chi connectivity index (χ1) is 8.14. The van der Waals surface area contributed by atoms with Crippen molar-refractivity contribution in [2.45, 2.75) is 84.7 Å². The third-order valence-corrected chi connectivity index (χ3v) is 13.0. The standard InChI is InChI=1S/C14H34NO2Si2/c1-12-15(16-18(8,9)13(2,3)4)17-19(10,11)14(5,6)7/h12H,1-11H3/q+1. The summed E-state index contributed by atoms with van der Waals surface area (Å²) in [5, 5.41) is 0.343. The Kier molecular flexibility index (Phi) is 5.51. The van der Waals surface area contributed by atoms with Gasteiger partial charge < -0.3 is 9.05 Å². The van der Waals surface area contributed by atoms with Crippen LogP contribution >= 0.6 is 0 Å². The Hall–Kier alpha value is -0.296. The second-order valence-electron chi connectivity index (χ2n) is 8.25. The molecule has 0 radical (unpaired) electrons. The highest BCUT2D eigenvalue weighted by Gasteiger charge is 2.49. The lowest BCUT2D eigenvalue weighted by Gasteiger charge is -2.34. The van der Waals surface area contributed by atoms with Crippen LogP contribution in [0, 0.1) is 0 Å². The maximum absolute atomic E-state index is 6.21.